The molecule has 2 fully saturated rings. The van der Waals surface area contributed by atoms with E-state index >= 15 is 0 Å². The summed E-state index contributed by atoms with van der Waals surface area (Å²) in [6.45, 7) is 0.109. The first-order valence-corrected chi connectivity index (χ1v) is 5.53. The van der Waals surface area contributed by atoms with Crippen molar-refractivity contribution in [3.05, 3.63) is 0 Å². The Hall–Kier alpha value is -0.330. The first-order valence-electron chi connectivity index (χ1n) is 5.53. The Morgan fingerprint density at radius 3 is 2.25 bits per heavy atom. The molecule has 2 saturated heterocycles. The van der Waals surface area contributed by atoms with Gasteiger partial charge < -0.3 is 9.84 Å². The molecule has 0 aliphatic carbocycles. The fraction of sp³-hybridized carbons (Fsp3) is 1.00. The molecule has 0 aromatic rings. The normalized spacial score (nSPS) is 33.0. The van der Waals surface area contributed by atoms with Crippen molar-refractivity contribution in [3.8, 4) is 0 Å². The van der Waals surface area contributed by atoms with Crippen LogP contribution in [0.3, 0.4) is 0 Å². The van der Waals surface area contributed by atoms with E-state index in [1.165, 1.54) is 0 Å². The number of hydrogen-bond donors (Lipinski definition) is 1. The Balaban J connectivity index is 1.98. The first-order chi connectivity index (χ1) is 7.52. The summed E-state index contributed by atoms with van der Waals surface area (Å²) in [6.07, 6.45) is -2.51. The van der Waals surface area contributed by atoms with E-state index in [1.54, 1.807) is 0 Å². The summed E-state index contributed by atoms with van der Waals surface area (Å²) in [5.41, 5.74) is 0. The topological polar surface area (TPSA) is 32.7 Å². The van der Waals surface area contributed by atoms with Crippen molar-refractivity contribution >= 4 is 0 Å². The van der Waals surface area contributed by atoms with Crippen LogP contribution >= 0.6 is 0 Å². The summed E-state index contributed by atoms with van der Waals surface area (Å²) in [4.78, 5) is 1.86. The highest BCUT2D eigenvalue weighted by Gasteiger charge is 2.45. The van der Waals surface area contributed by atoms with E-state index < -0.39 is 18.7 Å². The maximum absolute atomic E-state index is 12.5. The number of aliphatic hydroxyl groups excluding tert-OH is 1. The van der Waals surface area contributed by atoms with E-state index in [2.05, 4.69) is 0 Å². The molecule has 2 bridgehead atoms. The highest BCUT2D eigenvalue weighted by molar-refractivity contribution is 4.92. The zero-order chi connectivity index (χ0) is 11.8. The van der Waals surface area contributed by atoms with Crippen molar-refractivity contribution < 1.29 is 23.0 Å². The van der Waals surface area contributed by atoms with Crippen LogP contribution in [-0.4, -0.2) is 54.6 Å². The third-order valence-electron chi connectivity index (χ3n) is 3.51. The van der Waals surface area contributed by atoms with Crippen LogP contribution in [0.25, 0.3) is 0 Å². The highest BCUT2D eigenvalue weighted by atomic mass is 19.4. The van der Waals surface area contributed by atoms with Crippen molar-refractivity contribution in [2.45, 2.75) is 31.1 Å². The molecule has 3 atom stereocenters. The Morgan fingerprint density at radius 2 is 1.81 bits per heavy atom. The van der Waals surface area contributed by atoms with Crippen molar-refractivity contribution in [1.29, 1.82) is 0 Å². The molecular weight excluding hydrogens is 223 g/mol. The lowest BCUT2D eigenvalue weighted by Crippen LogP contribution is -2.50. The summed E-state index contributed by atoms with van der Waals surface area (Å²) in [5, 5.41) is 8.81. The van der Waals surface area contributed by atoms with Gasteiger partial charge in [0.15, 0.2) is 0 Å². The van der Waals surface area contributed by atoms with E-state index in [4.69, 9.17) is 9.84 Å². The van der Waals surface area contributed by atoms with E-state index in [0.29, 0.717) is 13.2 Å². The van der Waals surface area contributed by atoms with Gasteiger partial charge in [0.2, 0.25) is 0 Å². The zero-order valence-corrected chi connectivity index (χ0v) is 8.91. The van der Waals surface area contributed by atoms with Crippen molar-refractivity contribution in [3.63, 3.8) is 0 Å². The van der Waals surface area contributed by atoms with Crippen LogP contribution in [0.15, 0.2) is 0 Å². The van der Waals surface area contributed by atoms with Crippen molar-refractivity contribution in [2.75, 3.05) is 26.4 Å². The molecule has 0 spiro atoms. The van der Waals surface area contributed by atoms with Gasteiger partial charge in [0, 0.05) is 18.6 Å². The molecule has 2 rings (SSSR count). The molecule has 94 valence electrons. The van der Waals surface area contributed by atoms with Crippen LogP contribution in [0.1, 0.15) is 12.8 Å². The summed E-state index contributed by atoms with van der Waals surface area (Å²) in [7, 11) is 0. The number of halogens is 3. The Bertz CT molecular complexity index is 231. The number of nitrogens with zero attached hydrogens (tertiary/aromatic N) is 1. The molecule has 6 heteroatoms. The Morgan fingerprint density at radius 1 is 1.25 bits per heavy atom. The van der Waals surface area contributed by atoms with Gasteiger partial charge in [-0.1, -0.05) is 0 Å². The second kappa shape index (κ2) is 4.50. The van der Waals surface area contributed by atoms with Gasteiger partial charge in [0.05, 0.1) is 25.7 Å². The van der Waals surface area contributed by atoms with Crippen LogP contribution in [-0.2, 0) is 4.74 Å². The number of hydrogen-bond acceptors (Lipinski definition) is 3. The number of morpholine rings is 1. The SMILES string of the molecule is OC[C@@H](CN1C2CCC1COC2)C(F)(F)F. The highest BCUT2D eigenvalue weighted by Crippen LogP contribution is 2.33. The average Bonchev–Trinajstić information content (AvgIpc) is 2.45. The van der Waals surface area contributed by atoms with Crippen LogP contribution in [0.2, 0.25) is 0 Å². The summed E-state index contributed by atoms with van der Waals surface area (Å²) in [6, 6.07) is 0.213. The largest absolute Gasteiger partial charge is 0.396 e. The molecule has 2 heterocycles. The number of aliphatic hydroxyl groups is 1. The summed E-state index contributed by atoms with van der Waals surface area (Å²) >= 11 is 0. The van der Waals surface area contributed by atoms with E-state index in [0.717, 1.165) is 12.8 Å². The van der Waals surface area contributed by atoms with Gasteiger partial charge in [0.25, 0.3) is 0 Å². The minimum Gasteiger partial charge on any atom is -0.396 e. The fourth-order valence-corrected chi connectivity index (χ4v) is 2.53. The second-order valence-electron chi connectivity index (χ2n) is 4.54. The minimum absolute atomic E-state index is 0.0985. The molecule has 3 nitrogen and oxygen atoms in total. The molecule has 1 N–H and O–H groups in total. The van der Waals surface area contributed by atoms with Gasteiger partial charge in [-0.15, -0.1) is 0 Å². The second-order valence-corrected chi connectivity index (χ2v) is 4.54. The predicted molar refractivity (Wildman–Crippen MR) is 51.0 cm³/mol. The smallest absolute Gasteiger partial charge is 0.395 e. The molecular formula is C10H16F3NO2. The van der Waals surface area contributed by atoms with E-state index in [-0.39, 0.29) is 18.6 Å². The third kappa shape index (κ3) is 2.33. The van der Waals surface area contributed by atoms with Crippen LogP contribution in [0, 0.1) is 5.92 Å². The lowest BCUT2D eigenvalue weighted by Gasteiger charge is -2.36. The number of fused-ring (bicyclic) bond motifs is 2. The van der Waals surface area contributed by atoms with Gasteiger partial charge in [-0.2, -0.15) is 13.2 Å². The molecule has 2 aliphatic heterocycles. The maximum atomic E-state index is 12.5. The molecule has 0 aromatic heterocycles. The van der Waals surface area contributed by atoms with Gasteiger partial charge in [-0.05, 0) is 12.8 Å². The van der Waals surface area contributed by atoms with Crippen molar-refractivity contribution in [1.82, 2.24) is 4.90 Å². The summed E-state index contributed by atoms with van der Waals surface area (Å²) in [5.74, 6) is -1.63. The average molecular weight is 239 g/mol. The molecule has 0 radical (unpaired) electrons. The van der Waals surface area contributed by atoms with Crippen LogP contribution < -0.4 is 0 Å². The van der Waals surface area contributed by atoms with E-state index in [9.17, 15) is 13.2 Å². The van der Waals surface area contributed by atoms with Gasteiger partial charge in [0.1, 0.15) is 0 Å². The molecule has 2 aliphatic rings. The van der Waals surface area contributed by atoms with Crippen LogP contribution in [0.5, 0.6) is 0 Å². The monoisotopic (exact) mass is 239 g/mol. The van der Waals surface area contributed by atoms with Crippen LogP contribution in [0.4, 0.5) is 13.2 Å². The minimum atomic E-state index is -4.31. The Labute approximate surface area is 92.2 Å². The number of alkyl halides is 3. The standard InChI is InChI=1S/C10H16F3NO2/c11-10(12,13)7(4-15)3-14-8-1-2-9(14)6-16-5-8/h7-9,15H,1-6H2/t7-,8?,9?/m1/s1. The first kappa shape index (κ1) is 12.1. The van der Waals surface area contributed by atoms with Crippen molar-refractivity contribution in [2.24, 2.45) is 5.92 Å². The fourth-order valence-electron chi connectivity index (χ4n) is 2.53. The zero-order valence-electron chi connectivity index (χ0n) is 8.91. The van der Waals surface area contributed by atoms with E-state index in [1.807, 2.05) is 4.90 Å². The molecule has 0 aromatic carbocycles. The summed E-state index contributed by atoms with van der Waals surface area (Å²) < 4.78 is 42.9. The van der Waals surface area contributed by atoms with Gasteiger partial charge in [-0.25, -0.2) is 0 Å². The lowest BCUT2D eigenvalue weighted by atomic mass is 10.1. The quantitative estimate of drug-likeness (QED) is 0.798. The molecule has 0 saturated carbocycles. The lowest BCUT2D eigenvalue weighted by molar-refractivity contribution is -0.193. The number of rotatable bonds is 3. The maximum Gasteiger partial charge on any atom is 0.395 e. The number of ether oxygens (including phenoxy) is 1. The molecule has 2 unspecified atom stereocenters. The third-order valence-corrected chi connectivity index (χ3v) is 3.51. The Kier molecular flexibility index (Phi) is 3.42. The molecule has 0 amide bonds. The molecule has 16 heavy (non-hydrogen) atoms. The van der Waals surface area contributed by atoms with Gasteiger partial charge >= 0.3 is 6.18 Å². The predicted octanol–water partition coefficient (Wildman–Crippen LogP) is 1.02. The van der Waals surface area contributed by atoms with Gasteiger partial charge in [-0.3, -0.25) is 4.90 Å².